The first-order valence-electron chi connectivity index (χ1n) is 10.2. The van der Waals surface area contributed by atoms with Crippen molar-refractivity contribution in [2.75, 3.05) is 17.6 Å². The zero-order valence-electron chi connectivity index (χ0n) is 17.8. The number of aromatic nitrogens is 3. The number of para-hydroxylation sites is 1. The summed E-state index contributed by atoms with van der Waals surface area (Å²) < 4.78 is 2.11. The van der Waals surface area contributed by atoms with Crippen LogP contribution in [0.2, 0.25) is 0 Å². The zero-order chi connectivity index (χ0) is 22.5. The minimum absolute atomic E-state index is 0.0715. The predicted octanol–water partition coefficient (Wildman–Crippen LogP) is 4.27. The number of hydrogen-bond donors (Lipinski definition) is 2. The van der Waals surface area contributed by atoms with Crippen molar-refractivity contribution < 1.29 is 9.59 Å². The van der Waals surface area contributed by atoms with Crippen molar-refractivity contribution >= 4 is 50.9 Å². The van der Waals surface area contributed by atoms with Gasteiger partial charge in [0.1, 0.15) is 5.01 Å². The lowest BCUT2D eigenvalue weighted by Gasteiger charge is -2.09. The van der Waals surface area contributed by atoms with Gasteiger partial charge in [-0.15, -0.1) is 22.0 Å². The SMILES string of the molecule is Cc1nnc(NC(=O)CSc2cn(CCNC(=O)c3ccccc3C)c3ccccc23)s1. The molecular weight excluding hydrogens is 442 g/mol. The molecule has 0 radical (unpaired) electrons. The summed E-state index contributed by atoms with van der Waals surface area (Å²) in [5, 5.41) is 16.0. The van der Waals surface area contributed by atoms with Gasteiger partial charge in [-0.1, -0.05) is 47.7 Å². The highest BCUT2D eigenvalue weighted by Crippen LogP contribution is 2.30. The highest BCUT2D eigenvalue weighted by molar-refractivity contribution is 8.00. The van der Waals surface area contributed by atoms with Crippen LogP contribution in [-0.4, -0.2) is 38.9 Å². The Morgan fingerprint density at radius 2 is 1.84 bits per heavy atom. The Morgan fingerprint density at radius 1 is 1.06 bits per heavy atom. The molecule has 2 heterocycles. The molecule has 2 N–H and O–H groups in total. The van der Waals surface area contributed by atoms with Crippen LogP contribution in [-0.2, 0) is 11.3 Å². The van der Waals surface area contributed by atoms with Crippen LogP contribution in [0.1, 0.15) is 20.9 Å². The van der Waals surface area contributed by atoms with E-state index < -0.39 is 0 Å². The van der Waals surface area contributed by atoms with Gasteiger partial charge in [-0.25, -0.2) is 0 Å². The van der Waals surface area contributed by atoms with Crippen molar-refractivity contribution in [3.63, 3.8) is 0 Å². The molecule has 0 unspecified atom stereocenters. The summed E-state index contributed by atoms with van der Waals surface area (Å²) in [7, 11) is 0. The highest BCUT2D eigenvalue weighted by Gasteiger charge is 2.13. The van der Waals surface area contributed by atoms with Gasteiger partial charge in [-0.05, 0) is 31.5 Å². The second-order valence-electron chi connectivity index (χ2n) is 7.24. The fourth-order valence-corrected chi connectivity index (χ4v) is 4.87. The van der Waals surface area contributed by atoms with E-state index in [0.29, 0.717) is 23.8 Å². The first-order valence-corrected chi connectivity index (χ1v) is 12.0. The number of aryl methyl sites for hydroxylation is 2. The van der Waals surface area contributed by atoms with Crippen LogP contribution in [0.15, 0.2) is 59.6 Å². The number of anilines is 1. The first-order chi connectivity index (χ1) is 15.5. The molecule has 0 aliphatic rings. The molecule has 2 amide bonds. The third-order valence-electron chi connectivity index (χ3n) is 4.91. The van der Waals surface area contributed by atoms with Gasteiger partial charge >= 0.3 is 0 Å². The highest BCUT2D eigenvalue weighted by atomic mass is 32.2. The molecule has 2 aromatic heterocycles. The number of thioether (sulfide) groups is 1. The Labute approximate surface area is 194 Å². The average molecular weight is 466 g/mol. The number of nitrogens with one attached hydrogen (secondary N) is 2. The monoisotopic (exact) mass is 465 g/mol. The second-order valence-corrected chi connectivity index (χ2v) is 9.44. The number of carbonyl (C=O) groups is 2. The quantitative estimate of drug-likeness (QED) is 0.379. The predicted molar refractivity (Wildman–Crippen MR) is 129 cm³/mol. The van der Waals surface area contributed by atoms with E-state index in [1.807, 2.05) is 68.6 Å². The summed E-state index contributed by atoms with van der Waals surface area (Å²) in [6.45, 7) is 4.92. The largest absolute Gasteiger partial charge is 0.350 e. The van der Waals surface area contributed by atoms with E-state index in [-0.39, 0.29) is 17.6 Å². The van der Waals surface area contributed by atoms with Crippen LogP contribution in [0.3, 0.4) is 0 Å². The maximum atomic E-state index is 12.5. The van der Waals surface area contributed by atoms with Gasteiger partial charge in [0.15, 0.2) is 0 Å². The third-order valence-corrected chi connectivity index (χ3v) is 6.71. The smallest absolute Gasteiger partial charge is 0.251 e. The van der Waals surface area contributed by atoms with Crippen molar-refractivity contribution in [2.24, 2.45) is 0 Å². The fourth-order valence-electron chi connectivity index (χ4n) is 3.37. The van der Waals surface area contributed by atoms with Gasteiger partial charge in [-0.2, -0.15) is 0 Å². The van der Waals surface area contributed by atoms with E-state index in [1.165, 1.54) is 23.1 Å². The summed E-state index contributed by atoms with van der Waals surface area (Å²) in [5.74, 6) is 0.0858. The Bertz CT molecular complexity index is 1260. The molecular formula is C23H23N5O2S2. The van der Waals surface area contributed by atoms with Crippen LogP contribution < -0.4 is 10.6 Å². The Kier molecular flexibility index (Phi) is 6.87. The lowest BCUT2D eigenvalue weighted by Crippen LogP contribution is -2.27. The molecule has 32 heavy (non-hydrogen) atoms. The van der Waals surface area contributed by atoms with Gasteiger partial charge in [-0.3, -0.25) is 14.9 Å². The Hall–Kier alpha value is -3.17. The van der Waals surface area contributed by atoms with E-state index >= 15 is 0 Å². The topological polar surface area (TPSA) is 88.9 Å². The molecule has 0 saturated carbocycles. The zero-order valence-corrected chi connectivity index (χ0v) is 19.4. The number of benzene rings is 2. The summed E-state index contributed by atoms with van der Waals surface area (Å²) >= 11 is 2.83. The normalized spacial score (nSPS) is 10.9. The number of rotatable bonds is 8. The lowest BCUT2D eigenvalue weighted by atomic mass is 10.1. The number of hydrogen-bond acceptors (Lipinski definition) is 6. The van der Waals surface area contributed by atoms with Crippen molar-refractivity contribution in [1.29, 1.82) is 0 Å². The number of amides is 2. The number of nitrogens with zero attached hydrogens (tertiary/aromatic N) is 3. The van der Waals surface area contributed by atoms with E-state index in [9.17, 15) is 9.59 Å². The van der Waals surface area contributed by atoms with Gasteiger partial charge in [0.2, 0.25) is 11.0 Å². The molecule has 0 aliphatic heterocycles. The lowest BCUT2D eigenvalue weighted by molar-refractivity contribution is -0.113. The van der Waals surface area contributed by atoms with Gasteiger partial charge in [0, 0.05) is 40.6 Å². The molecule has 2 aromatic carbocycles. The van der Waals surface area contributed by atoms with Crippen molar-refractivity contribution in [3.8, 4) is 0 Å². The van der Waals surface area contributed by atoms with Crippen molar-refractivity contribution in [1.82, 2.24) is 20.1 Å². The van der Waals surface area contributed by atoms with Gasteiger partial charge in [0.05, 0.1) is 5.75 Å². The Balaban J connectivity index is 1.39. The van der Waals surface area contributed by atoms with Crippen LogP contribution in [0.5, 0.6) is 0 Å². The number of carbonyl (C=O) groups excluding carboxylic acids is 2. The van der Waals surface area contributed by atoms with Crippen molar-refractivity contribution in [3.05, 3.63) is 70.9 Å². The molecule has 9 heteroatoms. The van der Waals surface area contributed by atoms with E-state index in [4.69, 9.17) is 0 Å². The average Bonchev–Trinajstić information content (AvgIpc) is 3.35. The van der Waals surface area contributed by atoms with E-state index in [2.05, 4.69) is 25.4 Å². The fraction of sp³-hybridized carbons (Fsp3) is 0.217. The molecule has 0 saturated heterocycles. The summed E-state index contributed by atoms with van der Waals surface area (Å²) in [4.78, 5) is 25.8. The molecule has 0 spiro atoms. The minimum Gasteiger partial charge on any atom is -0.350 e. The van der Waals surface area contributed by atoms with Crippen molar-refractivity contribution in [2.45, 2.75) is 25.3 Å². The van der Waals surface area contributed by atoms with E-state index in [0.717, 1.165) is 26.4 Å². The second kappa shape index (κ2) is 9.97. The summed E-state index contributed by atoms with van der Waals surface area (Å²) in [6.07, 6.45) is 2.04. The maximum Gasteiger partial charge on any atom is 0.251 e. The first kappa shape index (κ1) is 22.0. The van der Waals surface area contributed by atoms with Gasteiger partial charge < -0.3 is 9.88 Å². The molecule has 4 aromatic rings. The molecule has 164 valence electrons. The summed E-state index contributed by atoms with van der Waals surface area (Å²) in [6, 6.07) is 15.6. The van der Waals surface area contributed by atoms with Crippen LogP contribution >= 0.6 is 23.1 Å². The summed E-state index contributed by atoms with van der Waals surface area (Å²) in [5.41, 5.74) is 2.72. The molecule has 0 bridgehead atoms. The third kappa shape index (κ3) is 5.17. The van der Waals surface area contributed by atoms with Crippen LogP contribution in [0.4, 0.5) is 5.13 Å². The molecule has 0 fully saturated rings. The molecule has 0 aliphatic carbocycles. The Morgan fingerprint density at radius 3 is 2.62 bits per heavy atom. The van der Waals surface area contributed by atoms with Crippen LogP contribution in [0.25, 0.3) is 10.9 Å². The van der Waals surface area contributed by atoms with E-state index in [1.54, 1.807) is 0 Å². The van der Waals surface area contributed by atoms with Crippen LogP contribution in [0, 0.1) is 13.8 Å². The molecule has 4 rings (SSSR count). The maximum absolute atomic E-state index is 12.5. The number of fused-ring (bicyclic) bond motifs is 1. The van der Waals surface area contributed by atoms with Gasteiger partial charge in [0.25, 0.3) is 5.91 Å². The molecule has 0 atom stereocenters. The standard InChI is InChI=1S/C23H23N5O2S2/c1-15-7-3-4-8-17(15)22(30)24-11-12-28-13-20(18-9-5-6-10-19(18)28)31-14-21(29)25-23-27-26-16(2)32-23/h3-10,13H,11-12,14H2,1-2H3,(H,24,30)(H,25,27,29). The minimum atomic E-state index is -0.117. The molecule has 7 nitrogen and oxygen atoms in total.